The highest BCUT2D eigenvalue weighted by Crippen LogP contribution is 2.31. The van der Waals surface area contributed by atoms with Crippen molar-refractivity contribution < 1.29 is 8.42 Å². The molecule has 0 N–H and O–H groups in total. The maximum atomic E-state index is 12.3. The number of alkyl halides is 1. The van der Waals surface area contributed by atoms with Crippen molar-refractivity contribution in [1.29, 1.82) is 0 Å². The van der Waals surface area contributed by atoms with Crippen LogP contribution in [0, 0.1) is 0 Å². The third-order valence-corrected chi connectivity index (χ3v) is 4.99. The second-order valence-electron chi connectivity index (χ2n) is 3.83. The summed E-state index contributed by atoms with van der Waals surface area (Å²) in [5, 5.41) is 4.82. The fraction of sp³-hybridized carbons (Fsp3) is 0.667. The summed E-state index contributed by atoms with van der Waals surface area (Å²) in [6, 6.07) is 1.72. The molecule has 0 bridgehead atoms. The lowest BCUT2D eigenvalue weighted by Crippen LogP contribution is -2.35. The van der Waals surface area contributed by atoms with Crippen LogP contribution in [0.5, 0.6) is 0 Å². The van der Waals surface area contributed by atoms with Crippen LogP contribution in [-0.4, -0.2) is 40.4 Å². The van der Waals surface area contributed by atoms with Gasteiger partial charge in [-0.1, -0.05) is 15.9 Å². The normalized spacial score (nSPS) is 16.9. The number of hydrogen-bond donors (Lipinski definition) is 0. The molecule has 0 unspecified atom stereocenters. The van der Waals surface area contributed by atoms with E-state index in [9.17, 15) is 8.42 Å². The van der Waals surface area contributed by atoms with Crippen LogP contribution < -0.4 is 0 Å². The number of sulfonamides is 1. The van der Waals surface area contributed by atoms with Gasteiger partial charge in [-0.25, -0.2) is 8.42 Å². The number of aromatic nitrogens is 2. The number of halogens is 1. The van der Waals surface area contributed by atoms with Crippen LogP contribution in [-0.2, 0) is 17.1 Å². The SMILES string of the molecule is Cn1nccc1S(=O)(=O)N(CCBr)C1CC1. The minimum Gasteiger partial charge on any atom is -0.256 e. The van der Waals surface area contributed by atoms with E-state index < -0.39 is 10.0 Å². The molecule has 1 aliphatic rings. The molecule has 2 rings (SSSR count). The van der Waals surface area contributed by atoms with Crippen molar-refractivity contribution in [2.24, 2.45) is 7.05 Å². The van der Waals surface area contributed by atoms with Gasteiger partial charge in [-0.2, -0.15) is 9.40 Å². The Hall–Kier alpha value is -0.400. The van der Waals surface area contributed by atoms with Crippen LogP contribution in [0.4, 0.5) is 0 Å². The largest absolute Gasteiger partial charge is 0.260 e. The van der Waals surface area contributed by atoms with Crippen LogP contribution in [0.3, 0.4) is 0 Å². The van der Waals surface area contributed by atoms with Crippen molar-refractivity contribution in [1.82, 2.24) is 14.1 Å². The first-order chi connectivity index (χ1) is 7.57. The summed E-state index contributed by atoms with van der Waals surface area (Å²) in [5.74, 6) is 0. The highest BCUT2D eigenvalue weighted by atomic mass is 79.9. The van der Waals surface area contributed by atoms with Gasteiger partial charge in [0.25, 0.3) is 10.0 Å². The second kappa shape index (κ2) is 4.46. The van der Waals surface area contributed by atoms with Gasteiger partial charge >= 0.3 is 0 Å². The Bertz CT molecular complexity index is 467. The number of nitrogens with zero attached hydrogens (tertiary/aromatic N) is 3. The van der Waals surface area contributed by atoms with Crippen molar-refractivity contribution in [3.8, 4) is 0 Å². The Morgan fingerprint density at radius 3 is 2.75 bits per heavy atom. The Morgan fingerprint density at radius 1 is 1.62 bits per heavy atom. The molecule has 1 heterocycles. The third kappa shape index (κ3) is 2.16. The average Bonchev–Trinajstić information content (AvgIpc) is 2.96. The third-order valence-electron chi connectivity index (χ3n) is 2.61. The standard InChI is InChI=1S/C9H14BrN3O2S/c1-12-9(4-6-11-12)16(14,15)13(7-5-10)8-2-3-8/h4,6,8H,2-3,5,7H2,1H3. The van der Waals surface area contributed by atoms with Crippen molar-refractivity contribution in [2.75, 3.05) is 11.9 Å². The molecule has 5 nitrogen and oxygen atoms in total. The molecular formula is C9H14BrN3O2S. The fourth-order valence-electron chi connectivity index (χ4n) is 1.68. The first kappa shape index (κ1) is 12.1. The van der Waals surface area contributed by atoms with Gasteiger partial charge in [0, 0.05) is 25.0 Å². The van der Waals surface area contributed by atoms with Gasteiger partial charge in [-0.15, -0.1) is 0 Å². The molecule has 1 aliphatic carbocycles. The zero-order valence-electron chi connectivity index (χ0n) is 9.00. The van der Waals surface area contributed by atoms with E-state index in [2.05, 4.69) is 21.0 Å². The Labute approximate surface area is 104 Å². The molecule has 1 aromatic heterocycles. The van der Waals surface area contributed by atoms with Gasteiger partial charge in [0.15, 0.2) is 5.03 Å². The Balaban J connectivity index is 2.32. The molecule has 0 aromatic carbocycles. The maximum absolute atomic E-state index is 12.3. The number of hydrogen-bond acceptors (Lipinski definition) is 3. The zero-order valence-corrected chi connectivity index (χ0v) is 11.4. The van der Waals surface area contributed by atoms with Crippen LogP contribution in [0.15, 0.2) is 17.3 Å². The molecule has 90 valence electrons. The lowest BCUT2D eigenvalue weighted by atomic mass is 10.6. The van der Waals surface area contributed by atoms with Gasteiger partial charge in [-0.3, -0.25) is 4.68 Å². The summed E-state index contributed by atoms with van der Waals surface area (Å²) in [5.41, 5.74) is 0. The van der Waals surface area contributed by atoms with Gasteiger partial charge in [-0.05, 0) is 18.9 Å². The van der Waals surface area contributed by atoms with Crippen LogP contribution in [0.1, 0.15) is 12.8 Å². The lowest BCUT2D eigenvalue weighted by molar-refractivity contribution is 0.417. The first-order valence-corrected chi connectivity index (χ1v) is 7.69. The molecule has 16 heavy (non-hydrogen) atoms. The van der Waals surface area contributed by atoms with E-state index in [0.717, 1.165) is 12.8 Å². The maximum Gasteiger partial charge on any atom is 0.260 e. The van der Waals surface area contributed by atoms with Crippen molar-refractivity contribution in [3.63, 3.8) is 0 Å². The van der Waals surface area contributed by atoms with E-state index in [1.54, 1.807) is 17.4 Å². The van der Waals surface area contributed by atoms with Gasteiger partial charge in [0.1, 0.15) is 0 Å². The predicted molar refractivity (Wildman–Crippen MR) is 63.9 cm³/mol. The van der Waals surface area contributed by atoms with E-state index in [4.69, 9.17) is 0 Å². The molecule has 0 radical (unpaired) electrons. The van der Waals surface area contributed by atoms with E-state index in [-0.39, 0.29) is 11.1 Å². The van der Waals surface area contributed by atoms with Crippen molar-refractivity contribution >= 4 is 26.0 Å². The van der Waals surface area contributed by atoms with Gasteiger partial charge in [0.2, 0.25) is 0 Å². The van der Waals surface area contributed by atoms with Gasteiger partial charge < -0.3 is 0 Å². The van der Waals surface area contributed by atoms with E-state index in [0.29, 0.717) is 11.9 Å². The zero-order chi connectivity index (χ0) is 11.8. The molecule has 1 fully saturated rings. The summed E-state index contributed by atoms with van der Waals surface area (Å²) >= 11 is 3.29. The van der Waals surface area contributed by atoms with E-state index in [1.807, 2.05) is 0 Å². The highest BCUT2D eigenvalue weighted by Gasteiger charge is 2.38. The summed E-state index contributed by atoms with van der Waals surface area (Å²) in [7, 11) is -1.74. The summed E-state index contributed by atoms with van der Waals surface area (Å²) in [6.07, 6.45) is 3.43. The molecule has 1 saturated carbocycles. The average molecular weight is 308 g/mol. The van der Waals surface area contributed by atoms with Crippen LogP contribution in [0.2, 0.25) is 0 Å². The second-order valence-corrected chi connectivity index (χ2v) is 6.46. The highest BCUT2D eigenvalue weighted by molar-refractivity contribution is 9.09. The van der Waals surface area contributed by atoms with Crippen molar-refractivity contribution in [2.45, 2.75) is 23.9 Å². The molecule has 7 heteroatoms. The summed E-state index contributed by atoms with van der Waals surface area (Å²) in [4.78, 5) is 0. The van der Waals surface area contributed by atoms with E-state index >= 15 is 0 Å². The Morgan fingerprint density at radius 2 is 2.31 bits per heavy atom. The topological polar surface area (TPSA) is 55.2 Å². The Kier molecular flexibility index (Phi) is 3.37. The molecular weight excluding hydrogens is 294 g/mol. The minimum atomic E-state index is -3.38. The molecule has 0 saturated heterocycles. The molecule has 0 spiro atoms. The number of aryl methyl sites for hydroxylation is 1. The number of rotatable bonds is 5. The smallest absolute Gasteiger partial charge is 0.256 e. The lowest BCUT2D eigenvalue weighted by Gasteiger charge is -2.20. The molecule has 0 aliphatic heterocycles. The summed E-state index contributed by atoms with van der Waals surface area (Å²) in [6.45, 7) is 0.512. The molecule has 0 amide bonds. The predicted octanol–water partition coefficient (Wildman–Crippen LogP) is 0.968. The summed E-state index contributed by atoms with van der Waals surface area (Å²) < 4.78 is 27.6. The minimum absolute atomic E-state index is 0.178. The van der Waals surface area contributed by atoms with Crippen molar-refractivity contribution in [3.05, 3.63) is 12.3 Å². The van der Waals surface area contributed by atoms with E-state index in [1.165, 1.54) is 10.9 Å². The quantitative estimate of drug-likeness (QED) is 0.762. The molecule has 1 aromatic rings. The monoisotopic (exact) mass is 307 g/mol. The van der Waals surface area contributed by atoms with Crippen LogP contribution >= 0.6 is 15.9 Å². The fourth-order valence-corrected chi connectivity index (χ4v) is 4.09. The van der Waals surface area contributed by atoms with Gasteiger partial charge in [0.05, 0.1) is 6.20 Å². The first-order valence-electron chi connectivity index (χ1n) is 5.13. The molecule has 0 atom stereocenters. The van der Waals surface area contributed by atoms with Crippen LogP contribution in [0.25, 0.3) is 0 Å².